The minimum atomic E-state index is 0.0776. The Bertz CT molecular complexity index is 487. The average Bonchev–Trinajstić information content (AvgIpc) is 3.00. The Labute approximate surface area is 128 Å². The summed E-state index contributed by atoms with van der Waals surface area (Å²) >= 11 is 2.25. The van der Waals surface area contributed by atoms with Crippen LogP contribution in [0.1, 0.15) is 43.0 Å². The lowest BCUT2D eigenvalue weighted by Gasteiger charge is -2.28. The van der Waals surface area contributed by atoms with Crippen LogP contribution in [0.15, 0.2) is 24.3 Å². The van der Waals surface area contributed by atoms with E-state index in [2.05, 4.69) is 34.8 Å². The predicted octanol–water partition coefficient (Wildman–Crippen LogP) is 3.85. The van der Waals surface area contributed by atoms with Crippen molar-refractivity contribution in [2.45, 2.75) is 38.6 Å². The lowest BCUT2D eigenvalue weighted by atomic mass is 9.84. The summed E-state index contributed by atoms with van der Waals surface area (Å²) in [6.45, 7) is 2.18. The first-order valence-electron chi connectivity index (χ1n) is 7.20. The molecule has 4 atom stereocenters. The summed E-state index contributed by atoms with van der Waals surface area (Å²) in [6, 6.07) is 8.10. The molecule has 4 unspecified atom stereocenters. The van der Waals surface area contributed by atoms with Gasteiger partial charge in [-0.3, -0.25) is 4.79 Å². The number of halogens is 1. The van der Waals surface area contributed by atoms with Gasteiger partial charge in [-0.25, -0.2) is 0 Å². The molecule has 2 nitrogen and oxygen atoms in total. The van der Waals surface area contributed by atoms with Gasteiger partial charge in [0.2, 0.25) is 0 Å². The van der Waals surface area contributed by atoms with Gasteiger partial charge in [-0.15, -0.1) is 0 Å². The number of carbonyl (C=O) groups excluding carboxylic acids is 1. The highest BCUT2D eigenvalue weighted by atomic mass is 127. The molecule has 1 aromatic rings. The lowest BCUT2D eigenvalue weighted by molar-refractivity contribution is 0.0915. The quantitative estimate of drug-likeness (QED) is 0.806. The third-order valence-corrected chi connectivity index (χ3v) is 5.55. The largest absolute Gasteiger partial charge is 0.349 e. The molecule has 1 aromatic carbocycles. The minimum absolute atomic E-state index is 0.0776. The Balaban J connectivity index is 1.63. The van der Waals surface area contributed by atoms with Crippen LogP contribution in [-0.2, 0) is 0 Å². The van der Waals surface area contributed by atoms with E-state index in [0.717, 1.165) is 21.0 Å². The van der Waals surface area contributed by atoms with Gasteiger partial charge in [0, 0.05) is 15.2 Å². The molecule has 1 N–H and O–H groups in total. The van der Waals surface area contributed by atoms with Crippen molar-refractivity contribution in [1.29, 1.82) is 0 Å². The van der Waals surface area contributed by atoms with Crippen molar-refractivity contribution in [3.63, 3.8) is 0 Å². The summed E-state index contributed by atoms with van der Waals surface area (Å²) in [4.78, 5) is 12.3. The molecule has 2 fully saturated rings. The predicted molar refractivity (Wildman–Crippen MR) is 85.0 cm³/mol. The van der Waals surface area contributed by atoms with Crippen molar-refractivity contribution in [3.05, 3.63) is 33.4 Å². The summed E-state index contributed by atoms with van der Waals surface area (Å²) in [6.07, 6.45) is 5.50. The number of rotatable bonds is 3. The van der Waals surface area contributed by atoms with Gasteiger partial charge in [0.05, 0.1) is 0 Å². The van der Waals surface area contributed by atoms with Crippen LogP contribution >= 0.6 is 22.6 Å². The molecule has 3 rings (SSSR count). The topological polar surface area (TPSA) is 29.1 Å². The molecule has 0 aliphatic heterocycles. The zero-order valence-electron chi connectivity index (χ0n) is 11.2. The normalized spacial score (nSPS) is 30.3. The number of carbonyl (C=O) groups is 1. The van der Waals surface area contributed by atoms with Gasteiger partial charge in [0.15, 0.2) is 0 Å². The molecular weight excluding hydrogens is 349 g/mol. The summed E-state index contributed by atoms with van der Waals surface area (Å²) in [5.41, 5.74) is 0.780. The van der Waals surface area contributed by atoms with Crippen LogP contribution in [-0.4, -0.2) is 11.9 Å². The van der Waals surface area contributed by atoms with Crippen LogP contribution in [0.4, 0.5) is 0 Å². The molecule has 2 aliphatic rings. The fourth-order valence-electron chi connectivity index (χ4n) is 3.93. The molecule has 19 heavy (non-hydrogen) atoms. The third kappa shape index (κ3) is 2.81. The summed E-state index contributed by atoms with van der Waals surface area (Å²) in [7, 11) is 0. The first-order valence-corrected chi connectivity index (χ1v) is 8.28. The van der Waals surface area contributed by atoms with Crippen LogP contribution in [0, 0.1) is 21.3 Å². The van der Waals surface area contributed by atoms with E-state index in [-0.39, 0.29) is 5.91 Å². The number of hydrogen-bond acceptors (Lipinski definition) is 1. The molecule has 0 heterocycles. The van der Waals surface area contributed by atoms with Gasteiger partial charge in [0.1, 0.15) is 0 Å². The number of hydrogen-bond donors (Lipinski definition) is 1. The third-order valence-electron chi connectivity index (χ3n) is 4.88. The number of amides is 1. The van der Waals surface area contributed by atoms with Crippen molar-refractivity contribution in [2.75, 3.05) is 0 Å². The van der Waals surface area contributed by atoms with Crippen molar-refractivity contribution in [1.82, 2.24) is 5.32 Å². The Hall–Kier alpha value is -0.580. The average molecular weight is 369 g/mol. The monoisotopic (exact) mass is 369 g/mol. The van der Waals surface area contributed by atoms with Gasteiger partial charge >= 0.3 is 0 Å². The van der Waals surface area contributed by atoms with E-state index in [0.29, 0.717) is 12.0 Å². The smallest absolute Gasteiger partial charge is 0.251 e. The van der Waals surface area contributed by atoms with Gasteiger partial charge in [-0.2, -0.15) is 0 Å². The Kier molecular flexibility index (Phi) is 3.83. The van der Waals surface area contributed by atoms with E-state index < -0.39 is 0 Å². The maximum absolute atomic E-state index is 12.3. The van der Waals surface area contributed by atoms with E-state index in [1.807, 2.05) is 24.3 Å². The van der Waals surface area contributed by atoms with E-state index in [1.165, 1.54) is 25.7 Å². The summed E-state index contributed by atoms with van der Waals surface area (Å²) in [5, 5.41) is 3.21. The fraction of sp³-hybridized carbons (Fsp3) is 0.562. The van der Waals surface area contributed by atoms with Crippen molar-refractivity contribution in [3.8, 4) is 0 Å². The number of benzene rings is 1. The van der Waals surface area contributed by atoms with Crippen molar-refractivity contribution >= 4 is 28.5 Å². The highest BCUT2D eigenvalue weighted by Gasteiger charge is 2.42. The van der Waals surface area contributed by atoms with Gasteiger partial charge < -0.3 is 5.32 Å². The molecule has 2 saturated carbocycles. The van der Waals surface area contributed by atoms with Gasteiger partial charge in [0.25, 0.3) is 5.91 Å². The Morgan fingerprint density at radius 2 is 2.21 bits per heavy atom. The van der Waals surface area contributed by atoms with Crippen molar-refractivity contribution in [2.24, 2.45) is 17.8 Å². The molecule has 102 valence electrons. The van der Waals surface area contributed by atoms with E-state index >= 15 is 0 Å². The Morgan fingerprint density at radius 1 is 1.37 bits per heavy atom. The van der Waals surface area contributed by atoms with Crippen LogP contribution < -0.4 is 5.32 Å². The second kappa shape index (κ2) is 5.43. The van der Waals surface area contributed by atoms with Crippen LogP contribution in [0.5, 0.6) is 0 Å². The van der Waals surface area contributed by atoms with E-state index in [1.54, 1.807) is 0 Å². The van der Waals surface area contributed by atoms with E-state index in [9.17, 15) is 4.79 Å². The van der Waals surface area contributed by atoms with Gasteiger partial charge in [-0.1, -0.05) is 12.5 Å². The second-order valence-electron chi connectivity index (χ2n) is 6.11. The van der Waals surface area contributed by atoms with E-state index in [4.69, 9.17) is 0 Å². The fourth-order valence-corrected chi connectivity index (χ4v) is 4.48. The maximum atomic E-state index is 12.3. The van der Waals surface area contributed by atoms with Crippen LogP contribution in [0.2, 0.25) is 0 Å². The molecule has 0 saturated heterocycles. The first kappa shape index (κ1) is 13.4. The molecule has 3 heteroatoms. The molecule has 2 aliphatic carbocycles. The highest BCUT2D eigenvalue weighted by molar-refractivity contribution is 14.1. The summed E-state index contributed by atoms with van der Waals surface area (Å²) in [5.74, 6) is 2.57. The zero-order valence-corrected chi connectivity index (χ0v) is 13.4. The van der Waals surface area contributed by atoms with Crippen LogP contribution in [0.25, 0.3) is 0 Å². The lowest BCUT2D eigenvalue weighted by Crippen LogP contribution is -2.40. The van der Waals surface area contributed by atoms with Crippen LogP contribution in [0.3, 0.4) is 0 Å². The highest BCUT2D eigenvalue weighted by Crippen LogP contribution is 2.49. The summed E-state index contributed by atoms with van der Waals surface area (Å²) < 4.78 is 1.11. The second-order valence-corrected chi connectivity index (χ2v) is 7.36. The molecule has 1 amide bonds. The standard InChI is InChI=1S/C16H20INO/c1-10(15-8-11-5-6-12(15)7-11)18-16(19)13-3-2-4-14(17)9-13/h2-4,9-12,15H,5-8H2,1H3,(H,18,19). The molecule has 2 bridgehead atoms. The maximum Gasteiger partial charge on any atom is 0.251 e. The number of fused-ring (bicyclic) bond motifs is 2. The molecule has 0 radical (unpaired) electrons. The van der Waals surface area contributed by atoms with Gasteiger partial charge in [-0.05, 0) is 84.7 Å². The zero-order chi connectivity index (χ0) is 13.4. The Morgan fingerprint density at radius 3 is 2.84 bits per heavy atom. The number of nitrogens with one attached hydrogen (secondary N) is 1. The first-order chi connectivity index (χ1) is 9.13. The molecule has 0 spiro atoms. The SMILES string of the molecule is CC(NC(=O)c1cccc(I)c1)C1CC2CCC1C2. The molecule has 0 aromatic heterocycles. The minimum Gasteiger partial charge on any atom is -0.349 e. The molecular formula is C16H20INO. The van der Waals surface area contributed by atoms with Crippen molar-refractivity contribution < 1.29 is 4.79 Å².